The molecule has 1 heterocycles. The van der Waals surface area contributed by atoms with E-state index in [-0.39, 0.29) is 12.0 Å². The highest BCUT2D eigenvalue weighted by Gasteiger charge is 2.25. The largest absolute Gasteiger partial charge is 0.373 e. The van der Waals surface area contributed by atoms with E-state index in [1.165, 1.54) is 0 Å². The van der Waals surface area contributed by atoms with Crippen LogP contribution in [0.1, 0.15) is 10.4 Å². The van der Waals surface area contributed by atoms with Crippen LogP contribution in [-0.4, -0.2) is 42.5 Å². The predicted molar refractivity (Wildman–Crippen MR) is 78.2 cm³/mol. The van der Waals surface area contributed by atoms with Crippen molar-refractivity contribution in [1.29, 1.82) is 0 Å². The highest BCUT2D eigenvalue weighted by Crippen LogP contribution is 2.23. The molecule has 1 fully saturated rings. The van der Waals surface area contributed by atoms with Gasteiger partial charge in [0.05, 0.1) is 24.2 Å². The molecule has 0 saturated carbocycles. The number of benzene rings is 1. The van der Waals surface area contributed by atoms with E-state index in [4.69, 9.17) is 16.3 Å². The molecule has 2 rings (SSSR count). The molecule has 0 bridgehead atoms. The van der Waals surface area contributed by atoms with Crippen molar-refractivity contribution in [2.24, 2.45) is 0 Å². The normalized spacial score (nSPS) is 19.9. The van der Waals surface area contributed by atoms with Crippen LogP contribution in [-0.2, 0) is 4.74 Å². The number of hydrogen-bond acceptors (Lipinski definition) is 2. The molecule has 0 N–H and O–H groups in total. The van der Waals surface area contributed by atoms with Gasteiger partial charge in [-0.25, -0.2) is 0 Å². The molecule has 6 heteroatoms. The summed E-state index contributed by atoms with van der Waals surface area (Å²) in [6, 6.07) is 5.57. The zero-order chi connectivity index (χ0) is 13.1. The van der Waals surface area contributed by atoms with Crippen molar-refractivity contribution >= 4 is 49.4 Å². The molecule has 1 aliphatic rings. The third-order valence-electron chi connectivity index (χ3n) is 2.76. The average Bonchev–Trinajstić information content (AvgIpc) is 2.41. The molecule has 3 nitrogen and oxygen atoms in total. The van der Waals surface area contributed by atoms with E-state index in [1.54, 1.807) is 4.90 Å². The third kappa shape index (κ3) is 3.26. The first-order chi connectivity index (χ1) is 8.61. The van der Waals surface area contributed by atoms with Crippen molar-refractivity contribution in [2.75, 3.05) is 25.6 Å². The number of amides is 1. The molecule has 1 amide bonds. The maximum atomic E-state index is 12.4. The van der Waals surface area contributed by atoms with E-state index in [0.29, 0.717) is 31.1 Å². The Labute approximate surface area is 128 Å². The van der Waals surface area contributed by atoms with Gasteiger partial charge in [-0.1, -0.05) is 15.9 Å². The summed E-state index contributed by atoms with van der Waals surface area (Å²) >= 11 is 12.6. The molecule has 1 atom stereocenters. The summed E-state index contributed by atoms with van der Waals surface area (Å²) in [5.41, 5.74) is 0.652. The zero-order valence-corrected chi connectivity index (χ0v) is 13.5. The van der Waals surface area contributed by atoms with Gasteiger partial charge in [0.25, 0.3) is 5.91 Å². The standard InChI is InChI=1S/C12H12Br2ClNO2/c13-8-1-2-11(14)10(5-8)12(17)16-3-4-18-9(6-15)7-16/h1-2,5,9H,3-4,6-7H2. The molecule has 98 valence electrons. The van der Waals surface area contributed by atoms with Crippen LogP contribution in [0.25, 0.3) is 0 Å². The lowest BCUT2D eigenvalue weighted by atomic mass is 10.2. The van der Waals surface area contributed by atoms with E-state index in [2.05, 4.69) is 31.9 Å². The highest BCUT2D eigenvalue weighted by molar-refractivity contribution is 9.11. The number of carbonyl (C=O) groups excluding carboxylic acids is 1. The van der Waals surface area contributed by atoms with Crippen LogP contribution in [0.15, 0.2) is 27.1 Å². The summed E-state index contributed by atoms with van der Waals surface area (Å²) in [6.45, 7) is 1.68. The van der Waals surface area contributed by atoms with Gasteiger partial charge in [0, 0.05) is 22.0 Å². The van der Waals surface area contributed by atoms with Crippen LogP contribution < -0.4 is 0 Å². The van der Waals surface area contributed by atoms with Crippen LogP contribution in [0.5, 0.6) is 0 Å². The van der Waals surface area contributed by atoms with Gasteiger partial charge in [0.15, 0.2) is 0 Å². The van der Waals surface area contributed by atoms with Crippen molar-refractivity contribution in [3.8, 4) is 0 Å². The second kappa shape index (κ2) is 6.37. The Hall–Kier alpha value is -0.100. The Kier molecular flexibility index (Phi) is 5.06. The second-order valence-electron chi connectivity index (χ2n) is 4.02. The summed E-state index contributed by atoms with van der Waals surface area (Å²) in [5, 5.41) is 0. The van der Waals surface area contributed by atoms with E-state index in [9.17, 15) is 4.79 Å². The van der Waals surface area contributed by atoms with Gasteiger partial charge in [0.2, 0.25) is 0 Å². The number of alkyl halides is 1. The van der Waals surface area contributed by atoms with Crippen LogP contribution in [0.2, 0.25) is 0 Å². The van der Waals surface area contributed by atoms with Crippen molar-refractivity contribution in [2.45, 2.75) is 6.10 Å². The van der Waals surface area contributed by atoms with Crippen LogP contribution in [0, 0.1) is 0 Å². The summed E-state index contributed by atoms with van der Waals surface area (Å²) in [7, 11) is 0. The Morgan fingerprint density at radius 1 is 1.50 bits per heavy atom. The first-order valence-electron chi connectivity index (χ1n) is 5.53. The van der Waals surface area contributed by atoms with Gasteiger partial charge in [-0.3, -0.25) is 4.79 Å². The molecule has 1 aromatic carbocycles. The number of hydrogen-bond donors (Lipinski definition) is 0. The Bertz CT molecular complexity index is 456. The lowest BCUT2D eigenvalue weighted by Gasteiger charge is -2.32. The number of ether oxygens (including phenoxy) is 1. The molecule has 0 aromatic heterocycles. The van der Waals surface area contributed by atoms with Gasteiger partial charge in [-0.05, 0) is 34.1 Å². The van der Waals surface area contributed by atoms with E-state index in [0.717, 1.165) is 8.95 Å². The second-order valence-corrected chi connectivity index (χ2v) is 6.10. The highest BCUT2D eigenvalue weighted by atomic mass is 79.9. The van der Waals surface area contributed by atoms with E-state index < -0.39 is 0 Å². The first kappa shape index (κ1) is 14.3. The molecule has 0 spiro atoms. The number of halogens is 3. The molecule has 1 aliphatic heterocycles. The smallest absolute Gasteiger partial charge is 0.255 e. The van der Waals surface area contributed by atoms with Crippen molar-refractivity contribution < 1.29 is 9.53 Å². The Balaban J connectivity index is 2.17. The maximum Gasteiger partial charge on any atom is 0.255 e. The van der Waals surface area contributed by atoms with Crippen LogP contribution in [0.4, 0.5) is 0 Å². The predicted octanol–water partition coefficient (Wildman–Crippen LogP) is 3.29. The maximum absolute atomic E-state index is 12.4. The quantitative estimate of drug-likeness (QED) is 0.717. The Morgan fingerprint density at radius 2 is 2.28 bits per heavy atom. The summed E-state index contributed by atoms with van der Waals surface area (Å²) in [5.74, 6) is 0.408. The molecule has 1 unspecified atom stereocenters. The number of carbonyl (C=O) groups is 1. The Morgan fingerprint density at radius 3 is 3.00 bits per heavy atom. The minimum atomic E-state index is -0.0738. The van der Waals surface area contributed by atoms with Gasteiger partial charge in [0.1, 0.15) is 0 Å². The fourth-order valence-electron chi connectivity index (χ4n) is 1.83. The first-order valence-corrected chi connectivity index (χ1v) is 7.65. The van der Waals surface area contributed by atoms with E-state index in [1.807, 2.05) is 18.2 Å². The molecule has 0 aliphatic carbocycles. The number of morpholine rings is 1. The fourth-order valence-corrected chi connectivity index (χ4v) is 2.79. The fraction of sp³-hybridized carbons (Fsp3) is 0.417. The van der Waals surface area contributed by atoms with Gasteiger partial charge < -0.3 is 9.64 Å². The zero-order valence-electron chi connectivity index (χ0n) is 9.54. The minimum absolute atomic E-state index is 0.00147. The molecule has 1 saturated heterocycles. The summed E-state index contributed by atoms with van der Waals surface area (Å²) in [4.78, 5) is 14.2. The van der Waals surface area contributed by atoms with Crippen LogP contribution >= 0.6 is 43.5 Å². The molecule has 1 aromatic rings. The number of rotatable bonds is 2. The summed E-state index contributed by atoms with van der Waals surface area (Å²) < 4.78 is 7.13. The third-order valence-corrected chi connectivity index (χ3v) is 4.29. The van der Waals surface area contributed by atoms with Crippen molar-refractivity contribution in [3.63, 3.8) is 0 Å². The molecule has 18 heavy (non-hydrogen) atoms. The lowest BCUT2D eigenvalue weighted by Crippen LogP contribution is -2.46. The van der Waals surface area contributed by atoms with Gasteiger partial charge >= 0.3 is 0 Å². The summed E-state index contributed by atoms with van der Waals surface area (Å²) in [6.07, 6.45) is -0.0738. The van der Waals surface area contributed by atoms with Crippen LogP contribution in [0.3, 0.4) is 0 Å². The lowest BCUT2D eigenvalue weighted by molar-refractivity contribution is -0.0108. The molecular formula is C12H12Br2ClNO2. The SMILES string of the molecule is O=C(c1cc(Br)ccc1Br)N1CCOC(CCl)C1. The van der Waals surface area contributed by atoms with E-state index >= 15 is 0 Å². The minimum Gasteiger partial charge on any atom is -0.373 e. The molecule has 0 radical (unpaired) electrons. The molecular weight excluding hydrogens is 385 g/mol. The number of nitrogens with zero attached hydrogens (tertiary/aromatic N) is 1. The monoisotopic (exact) mass is 395 g/mol. The van der Waals surface area contributed by atoms with Crippen molar-refractivity contribution in [3.05, 3.63) is 32.7 Å². The average molecular weight is 397 g/mol. The van der Waals surface area contributed by atoms with Gasteiger partial charge in [-0.15, -0.1) is 11.6 Å². The van der Waals surface area contributed by atoms with Crippen molar-refractivity contribution in [1.82, 2.24) is 4.90 Å². The van der Waals surface area contributed by atoms with Gasteiger partial charge in [-0.2, -0.15) is 0 Å². The topological polar surface area (TPSA) is 29.5 Å².